The molecule has 5 nitrogen and oxygen atoms in total. The second-order valence-corrected chi connectivity index (χ2v) is 3.26. The van der Waals surface area contributed by atoms with Gasteiger partial charge in [-0.05, 0) is 6.92 Å². The number of hydrogen-bond acceptors (Lipinski definition) is 4. The van der Waals surface area contributed by atoms with E-state index >= 15 is 0 Å². The third-order valence-electron chi connectivity index (χ3n) is 2.19. The van der Waals surface area contributed by atoms with E-state index in [0.717, 1.165) is 7.11 Å². The van der Waals surface area contributed by atoms with Crippen LogP contribution in [0.2, 0.25) is 0 Å². The second-order valence-electron chi connectivity index (χ2n) is 3.26. The van der Waals surface area contributed by atoms with Crippen molar-refractivity contribution >= 4 is 12.1 Å². The highest BCUT2D eigenvalue weighted by atomic mass is 16.7. The molecule has 86 valence electrons. The Labute approximate surface area is 92.6 Å². The lowest BCUT2D eigenvalue weighted by atomic mass is 9.96. The van der Waals surface area contributed by atoms with Crippen LogP contribution in [-0.2, 0) is 19.9 Å². The van der Waals surface area contributed by atoms with E-state index < -0.39 is 17.7 Å². The largest absolute Gasteiger partial charge is 0.509 e. The summed E-state index contributed by atoms with van der Waals surface area (Å²) in [6.45, 7) is 1.29. The first kappa shape index (κ1) is 12.0. The zero-order chi connectivity index (χ0) is 12.2. The molecule has 0 fully saturated rings. The standard InChI is InChI=1S/C11H12O5/c1-11(9(12)13,16-10(14)15-2)8-6-4-3-5-7-8/h3-7H,1-2H3,(H,12,13)/t11-/m0/s1. The van der Waals surface area contributed by atoms with Crippen molar-refractivity contribution in [1.82, 2.24) is 0 Å². The molecule has 0 bridgehead atoms. The number of carbonyl (C=O) groups is 2. The molecule has 16 heavy (non-hydrogen) atoms. The maximum absolute atomic E-state index is 11.1. The molecule has 1 aromatic carbocycles. The van der Waals surface area contributed by atoms with Crippen LogP contribution in [0.5, 0.6) is 0 Å². The Morgan fingerprint density at radius 2 is 1.81 bits per heavy atom. The lowest BCUT2D eigenvalue weighted by Crippen LogP contribution is -2.37. The summed E-state index contributed by atoms with van der Waals surface area (Å²) in [6, 6.07) is 8.20. The van der Waals surface area contributed by atoms with Crippen molar-refractivity contribution in [2.75, 3.05) is 7.11 Å². The minimum Gasteiger partial charge on any atom is -0.478 e. The molecule has 0 unspecified atom stereocenters. The van der Waals surface area contributed by atoms with Gasteiger partial charge < -0.3 is 14.6 Å². The van der Waals surface area contributed by atoms with Crippen molar-refractivity contribution in [3.8, 4) is 0 Å². The molecule has 0 radical (unpaired) electrons. The fourth-order valence-corrected chi connectivity index (χ4v) is 1.19. The molecule has 0 amide bonds. The average Bonchev–Trinajstić information content (AvgIpc) is 2.29. The Balaban J connectivity index is 3.07. The molecular formula is C11H12O5. The highest BCUT2D eigenvalue weighted by Crippen LogP contribution is 2.26. The number of aliphatic carboxylic acids is 1. The average molecular weight is 224 g/mol. The molecule has 5 heteroatoms. The monoisotopic (exact) mass is 224 g/mol. The normalized spacial score (nSPS) is 13.6. The Kier molecular flexibility index (Phi) is 3.50. The Bertz CT molecular complexity index is 387. The van der Waals surface area contributed by atoms with Gasteiger partial charge in [0.15, 0.2) is 0 Å². The van der Waals surface area contributed by atoms with E-state index in [1.165, 1.54) is 6.92 Å². The molecule has 1 aromatic rings. The maximum atomic E-state index is 11.1. The summed E-state index contributed by atoms with van der Waals surface area (Å²) in [5.41, 5.74) is -1.37. The van der Waals surface area contributed by atoms with Crippen molar-refractivity contribution in [3.63, 3.8) is 0 Å². The van der Waals surface area contributed by atoms with Gasteiger partial charge in [-0.3, -0.25) is 0 Å². The number of rotatable bonds is 3. The van der Waals surface area contributed by atoms with Crippen molar-refractivity contribution in [1.29, 1.82) is 0 Å². The molecule has 0 aromatic heterocycles. The quantitative estimate of drug-likeness (QED) is 0.792. The Morgan fingerprint density at radius 1 is 1.25 bits per heavy atom. The molecule has 0 heterocycles. The fourth-order valence-electron chi connectivity index (χ4n) is 1.19. The predicted molar refractivity (Wildman–Crippen MR) is 54.9 cm³/mol. The number of benzene rings is 1. The van der Waals surface area contributed by atoms with Gasteiger partial charge in [0.25, 0.3) is 0 Å². The minimum absolute atomic E-state index is 0.368. The first-order chi connectivity index (χ1) is 7.50. The van der Waals surface area contributed by atoms with Crippen LogP contribution in [0.4, 0.5) is 4.79 Å². The first-order valence-electron chi connectivity index (χ1n) is 4.56. The van der Waals surface area contributed by atoms with E-state index in [4.69, 9.17) is 9.84 Å². The van der Waals surface area contributed by atoms with Crippen molar-refractivity contribution in [2.45, 2.75) is 12.5 Å². The number of methoxy groups -OCH3 is 1. The smallest absolute Gasteiger partial charge is 0.478 e. The van der Waals surface area contributed by atoms with Crippen molar-refractivity contribution in [3.05, 3.63) is 35.9 Å². The number of hydrogen-bond donors (Lipinski definition) is 1. The lowest BCUT2D eigenvalue weighted by Gasteiger charge is -2.24. The van der Waals surface area contributed by atoms with Gasteiger partial charge in [0.1, 0.15) is 0 Å². The molecule has 0 saturated carbocycles. The highest BCUT2D eigenvalue weighted by Gasteiger charge is 2.40. The van der Waals surface area contributed by atoms with Crippen LogP contribution in [0.25, 0.3) is 0 Å². The summed E-state index contributed by atoms with van der Waals surface area (Å²) in [5, 5.41) is 9.10. The number of carboxylic acid groups (broad SMARTS) is 1. The van der Waals surface area contributed by atoms with Gasteiger partial charge in [-0.25, -0.2) is 9.59 Å². The number of ether oxygens (including phenoxy) is 2. The van der Waals surface area contributed by atoms with Gasteiger partial charge in [-0.15, -0.1) is 0 Å². The molecule has 0 spiro atoms. The first-order valence-corrected chi connectivity index (χ1v) is 4.56. The summed E-state index contributed by atoms with van der Waals surface area (Å²) in [4.78, 5) is 22.1. The van der Waals surface area contributed by atoms with Crippen LogP contribution in [0.3, 0.4) is 0 Å². The SMILES string of the molecule is COC(=O)O[C@](C)(C(=O)O)c1ccccc1. The predicted octanol–water partition coefficient (Wildman–Crippen LogP) is 1.77. The van der Waals surface area contributed by atoms with E-state index in [9.17, 15) is 9.59 Å². The van der Waals surface area contributed by atoms with Gasteiger partial charge in [-0.2, -0.15) is 0 Å². The van der Waals surface area contributed by atoms with Crippen LogP contribution in [0.1, 0.15) is 12.5 Å². The summed E-state index contributed by atoms with van der Waals surface area (Å²) in [6.07, 6.45) is -1.03. The van der Waals surface area contributed by atoms with Crippen LogP contribution in [0.15, 0.2) is 30.3 Å². The molecule has 0 saturated heterocycles. The topological polar surface area (TPSA) is 72.8 Å². The minimum atomic E-state index is -1.74. The molecule has 0 aliphatic carbocycles. The number of carbonyl (C=O) groups excluding carboxylic acids is 1. The fraction of sp³-hybridized carbons (Fsp3) is 0.273. The van der Waals surface area contributed by atoms with E-state index in [0.29, 0.717) is 5.56 Å². The zero-order valence-corrected chi connectivity index (χ0v) is 8.97. The van der Waals surface area contributed by atoms with E-state index in [1.54, 1.807) is 30.3 Å². The van der Waals surface area contributed by atoms with Crippen LogP contribution in [0, 0.1) is 0 Å². The summed E-state index contributed by atoms with van der Waals surface area (Å²) >= 11 is 0. The Morgan fingerprint density at radius 3 is 2.25 bits per heavy atom. The molecular weight excluding hydrogens is 212 g/mol. The highest BCUT2D eigenvalue weighted by molar-refractivity contribution is 5.81. The molecule has 1 atom stereocenters. The summed E-state index contributed by atoms with van der Waals surface area (Å²) in [5.74, 6) is -1.26. The van der Waals surface area contributed by atoms with Gasteiger partial charge in [0.05, 0.1) is 7.11 Å². The summed E-state index contributed by atoms with van der Waals surface area (Å²) in [7, 11) is 1.12. The molecule has 0 aliphatic rings. The van der Waals surface area contributed by atoms with Gasteiger partial charge in [-0.1, -0.05) is 30.3 Å². The molecule has 0 aliphatic heterocycles. The van der Waals surface area contributed by atoms with Gasteiger partial charge in [0, 0.05) is 5.56 Å². The third kappa shape index (κ3) is 2.31. The summed E-state index contributed by atoms with van der Waals surface area (Å²) < 4.78 is 9.07. The van der Waals surface area contributed by atoms with Crippen molar-refractivity contribution < 1.29 is 24.2 Å². The number of carboxylic acids is 1. The van der Waals surface area contributed by atoms with Gasteiger partial charge >= 0.3 is 12.1 Å². The molecule has 1 N–H and O–H groups in total. The van der Waals surface area contributed by atoms with Crippen LogP contribution >= 0.6 is 0 Å². The molecule has 1 rings (SSSR count). The zero-order valence-electron chi connectivity index (χ0n) is 8.97. The van der Waals surface area contributed by atoms with E-state index in [-0.39, 0.29) is 0 Å². The van der Waals surface area contributed by atoms with E-state index in [1.807, 2.05) is 0 Å². The van der Waals surface area contributed by atoms with E-state index in [2.05, 4.69) is 4.74 Å². The van der Waals surface area contributed by atoms with Gasteiger partial charge in [0.2, 0.25) is 5.60 Å². The maximum Gasteiger partial charge on any atom is 0.509 e. The lowest BCUT2D eigenvalue weighted by molar-refractivity contribution is -0.160. The third-order valence-corrected chi connectivity index (χ3v) is 2.19. The van der Waals surface area contributed by atoms with Crippen LogP contribution in [-0.4, -0.2) is 24.3 Å². The second kappa shape index (κ2) is 4.65. The van der Waals surface area contributed by atoms with Crippen molar-refractivity contribution in [2.24, 2.45) is 0 Å². The van der Waals surface area contributed by atoms with Crippen LogP contribution < -0.4 is 0 Å². The Hall–Kier alpha value is -2.04.